The van der Waals surface area contributed by atoms with Gasteiger partial charge in [-0.15, -0.1) is 11.3 Å². The van der Waals surface area contributed by atoms with E-state index >= 15 is 0 Å². The molecule has 0 aliphatic rings. The van der Waals surface area contributed by atoms with Crippen LogP contribution in [0.5, 0.6) is 0 Å². The quantitative estimate of drug-likeness (QED) is 0.896. The van der Waals surface area contributed by atoms with Crippen molar-refractivity contribution < 1.29 is 9.18 Å². The Kier molecular flexibility index (Phi) is 3.52. The molecule has 1 aromatic heterocycles. The molecule has 1 unspecified atom stereocenters. The van der Waals surface area contributed by atoms with Crippen LogP contribution in [0.15, 0.2) is 18.2 Å². The molecule has 3 N–H and O–H groups in total. The first-order valence-corrected chi connectivity index (χ1v) is 6.63. The Hall–Kier alpha value is -1.62. The van der Waals surface area contributed by atoms with Crippen LogP contribution in [0.25, 0.3) is 10.1 Å². The predicted molar refractivity (Wildman–Crippen MR) is 73.4 cm³/mol. The molecule has 3 nitrogen and oxygen atoms in total. The second-order valence-corrected chi connectivity index (χ2v) is 5.29. The number of hydrogen-bond acceptors (Lipinski definition) is 3. The molecule has 0 saturated carbocycles. The first-order chi connectivity index (χ1) is 8.54. The van der Waals surface area contributed by atoms with E-state index in [1.807, 2.05) is 13.8 Å². The van der Waals surface area contributed by atoms with Crippen LogP contribution in [0.2, 0.25) is 0 Å². The van der Waals surface area contributed by atoms with Gasteiger partial charge in [0.1, 0.15) is 10.7 Å². The van der Waals surface area contributed by atoms with Crippen LogP contribution in [0.4, 0.5) is 10.1 Å². The maximum Gasteiger partial charge on any atom is 0.263 e. The topological polar surface area (TPSA) is 55.1 Å². The van der Waals surface area contributed by atoms with Crippen LogP contribution in [0.3, 0.4) is 0 Å². The van der Waals surface area contributed by atoms with Crippen LogP contribution in [0.1, 0.15) is 29.9 Å². The number of benzene rings is 1. The van der Waals surface area contributed by atoms with Crippen molar-refractivity contribution in [3.8, 4) is 0 Å². The molecule has 5 heteroatoms. The lowest BCUT2D eigenvalue weighted by Gasteiger charge is -2.10. The van der Waals surface area contributed by atoms with Crippen molar-refractivity contribution in [1.82, 2.24) is 5.32 Å². The Morgan fingerprint density at radius 1 is 1.56 bits per heavy atom. The molecule has 0 fully saturated rings. The van der Waals surface area contributed by atoms with Crippen molar-refractivity contribution in [2.45, 2.75) is 26.3 Å². The molecule has 1 atom stereocenters. The third-order valence-corrected chi connectivity index (χ3v) is 4.07. The van der Waals surface area contributed by atoms with Gasteiger partial charge in [-0.3, -0.25) is 4.79 Å². The lowest BCUT2D eigenvalue weighted by Crippen LogP contribution is -2.31. The summed E-state index contributed by atoms with van der Waals surface area (Å²) in [5, 5.41) is 3.18. The van der Waals surface area contributed by atoms with Gasteiger partial charge >= 0.3 is 0 Å². The van der Waals surface area contributed by atoms with Gasteiger partial charge in [0.05, 0.1) is 11.1 Å². The molecule has 1 heterocycles. The van der Waals surface area contributed by atoms with Gasteiger partial charge < -0.3 is 11.1 Å². The SMILES string of the molecule is CCC(C)NC(=O)c1sc2cccc(F)c2c1N. The third kappa shape index (κ3) is 2.18. The lowest BCUT2D eigenvalue weighted by atomic mass is 10.2. The van der Waals surface area contributed by atoms with E-state index in [1.165, 1.54) is 17.4 Å². The number of anilines is 1. The van der Waals surface area contributed by atoms with Gasteiger partial charge in [0.25, 0.3) is 5.91 Å². The fourth-order valence-electron chi connectivity index (χ4n) is 1.69. The highest BCUT2D eigenvalue weighted by molar-refractivity contribution is 7.21. The predicted octanol–water partition coefficient (Wildman–Crippen LogP) is 3.15. The summed E-state index contributed by atoms with van der Waals surface area (Å²) in [6.45, 7) is 3.90. The third-order valence-electron chi connectivity index (χ3n) is 2.90. The van der Waals surface area contributed by atoms with E-state index in [4.69, 9.17) is 5.73 Å². The maximum atomic E-state index is 13.6. The molecule has 96 valence electrons. The molecule has 2 rings (SSSR count). The normalized spacial score (nSPS) is 12.6. The van der Waals surface area contributed by atoms with Gasteiger partial charge in [-0.1, -0.05) is 13.0 Å². The highest BCUT2D eigenvalue weighted by Crippen LogP contribution is 2.35. The zero-order valence-corrected chi connectivity index (χ0v) is 11.1. The number of carbonyl (C=O) groups excluding carboxylic acids is 1. The summed E-state index contributed by atoms with van der Waals surface area (Å²) in [7, 11) is 0. The van der Waals surface area contributed by atoms with Crippen molar-refractivity contribution in [3.05, 3.63) is 28.9 Å². The number of carbonyl (C=O) groups is 1. The molecule has 1 aromatic carbocycles. The van der Waals surface area contributed by atoms with Gasteiger partial charge in [0.15, 0.2) is 0 Å². The number of hydrogen-bond donors (Lipinski definition) is 2. The zero-order valence-electron chi connectivity index (χ0n) is 10.3. The maximum absolute atomic E-state index is 13.6. The summed E-state index contributed by atoms with van der Waals surface area (Å²) in [5.74, 6) is -0.619. The molecule has 0 bridgehead atoms. The number of nitrogens with one attached hydrogen (secondary N) is 1. The van der Waals surface area contributed by atoms with Crippen molar-refractivity contribution in [2.75, 3.05) is 5.73 Å². The van der Waals surface area contributed by atoms with Crippen LogP contribution in [0, 0.1) is 5.82 Å². The molecule has 0 radical (unpaired) electrons. The largest absolute Gasteiger partial charge is 0.397 e. The van der Waals surface area contributed by atoms with Crippen LogP contribution >= 0.6 is 11.3 Å². The fraction of sp³-hybridized carbons (Fsp3) is 0.308. The van der Waals surface area contributed by atoms with Crippen molar-refractivity contribution in [1.29, 1.82) is 0 Å². The van der Waals surface area contributed by atoms with E-state index in [0.29, 0.717) is 15.0 Å². The standard InChI is InChI=1S/C13H15FN2OS/c1-3-7(2)16-13(17)12-11(15)10-8(14)5-4-6-9(10)18-12/h4-7H,3,15H2,1-2H3,(H,16,17). The number of fused-ring (bicyclic) bond motifs is 1. The molecular weight excluding hydrogens is 251 g/mol. The lowest BCUT2D eigenvalue weighted by molar-refractivity contribution is 0.0944. The van der Waals surface area contributed by atoms with E-state index < -0.39 is 0 Å². The van der Waals surface area contributed by atoms with Gasteiger partial charge in [-0.2, -0.15) is 0 Å². The summed E-state index contributed by atoms with van der Waals surface area (Å²) in [4.78, 5) is 12.4. The average Bonchev–Trinajstić information content (AvgIpc) is 2.68. The summed E-state index contributed by atoms with van der Waals surface area (Å²) in [6, 6.07) is 4.80. The second-order valence-electron chi connectivity index (χ2n) is 4.24. The summed E-state index contributed by atoms with van der Waals surface area (Å²) in [5.41, 5.74) is 6.10. The molecule has 0 aliphatic carbocycles. The first-order valence-electron chi connectivity index (χ1n) is 5.82. The van der Waals surface area contributed by atoms with E-state index in [-0.39, 0.29) is 23.5 Å². The highest BCUT2D eigenvalue weighted by atomic mass is 32.1. The van der Waals surface area contributed by atoms with E-state index in [9.17, 15) is 9.18 Å². The van der Waals surface area contributed by atoms with Gasteiger partial charge in [0.2, 0.25) is 0 Å². The highest BCUT2D eigenvalue weighted by Gasteiger charge is 2.19. The van der Waals surface area contributed by atoms with E-state index in [1.54, 1.807) is 12.1 Å². The number of thiophene rings is 1. The van der Waals surface area contributed by atoms with Crippen molar-refractivity contribution in [2.24, 2.45) is 0 Å². The Labute approximate surface area is 109 Å². The van der Waals surface area contributed by atoms with Crippen LogP contribution in [-0.4, -0.2) is 11.9 Å². The minimum atomic E-state index is -0.385. The second kappa shape index (κ2) is 4.94. The van der Waals surface area contributed by atoms with Crippen LogP contribution < -0.4 is 11.1 Å². The first kappa shape index (κ1) is 12.8. The van der Waals surface area contributed by atoms with Gasteiger partial charge in [-0.25, -0.2) is 4.39 Å². The van der Waals surface area contributed by atoms with Gasteiger partial charge in [-0.05, 0) is 25.5 Å². The fourth-order valence-corrected chi connectivity index (χ4v) is 2.73. The molecule has 18 heavy (non-hydrogen) atoms. The Bertz CT molecular complexity index is 594. The Balaban J connectivity index is 2.43. The zero-order chi connectivity index (χ0) is 13.3. The monoisotopic (exact) mass is 266 g/mol. The summed E-state index contributed by atoms with van der Waals surface area (Å²) >= 11 is 1.22. The van der Waals surface area contributed by atoms with Crippen molar-refractivity contribution >= 4 is 33.0 Å². The summed E-state index contributed by atoms with van der Waals surface area (Å²) < 4.78 is 14.3. The molecular formula is C13H15FN2OS. The Morgan fingerprint density at radius 3 is 2.89 bits per heavy atom. The van der Waals surface area contributed by atoms with E-state index in [2.05, 4.69) is 5.32 Å². The number of halogens is 1. The van der Waals surface area contributed by atoms with Crippen molar-refractivity contribution in [3.63, 3.8) is 0 Å². The number of amides is 1. The summed E-state index contributed by atoms with van der Waals surface area (Å²) in [6.07, 6.45) is 0.838. The molecule has 0 aliphatic heterocycles. The smallest absolute Gasteiger partial charge is 0.263 e. The minimum absolute atomic E-state index is 0.0759. The molecule has 2 aromatic rings. The average molecular weight is 266 g/mol. The number of nitrogens with two attached hydrogens (primary N) is 1. The number of nitrogen functional groups attached to an aromatic ring is 1. The van der Waals surface area contributed by atoms with E-state index in [0.717, 1.165) is 6.42 Å². The number of rotatable bonds is 3. The molecule has 1 amide bonds. The molecule has 0 saturated heterocycles. The van der Waals surface area contributed by atoms with Gasteiger partial charge in [0, 0.05) is 10.7 Å². The minimum Gasteiger partial charge on any atom is -0.397 e. The van der Waals surface area contributed by atoms with Crippen LogP contribution in [-0.2, 0) is 0 Å². The Morgan fingerprint density at radius 2 is 2.28 bits per heavy atom. The molecule has 0 spiro atoms.